The molecule has 12 heteroatoms. The van der Waals surface area contributed by atoms with Gasteiger partial charge in [0.15, 0.2) is 5.17 Å². The lowest BCUT2D eigenvalue weighted by Gasteiger charge is -2.38. The number of ether oxygens (including phenoxy) is 3. The predicted molar refractivity (Wildman–Crippen MR) is 147 cm³/mol. The number of aliphatic imine (C=N–C) groups is 1. The molecule has 206 valence electrons. The fourth-order valence-electron chi connectivity index (χ4n) is 4.21. The number of alkyl halides is 1. The van der Waals surface area contributed by atoms with Gasteiger partial charge in [-0.25, -0.2) is 23.5 Å². The quantitative estimate of drug-likeness (QED) is 0.146. The van der Waals surface area contributed by atoms with Gasteiger partial charge in [0.25, 0.3) is 0 Å². The largest absolute Gasteiger partial charge is 0.468 e. The molecule has 0 bridgehead atoms. The van der Waals surface area contributed by atoms with Crippen molar-refractivity contribution in [2.75, 3.05) is 27.1 Å². The Hall–Kier alpha value is -1.50. The smallest absolute Gasteiger partial charge is 0.418 e. The Kier molecular flexibility index (Phi) is 8.88. The van der Waals surface area contributed by atoms with Crippen LogP contribution >= 0.6 is 27.7 Å². The molecule has 1 amide bonds. The van der Waals surface area contributed by atoms with E-state index in [0.29, 0.717) is 11.1 Å². The molecule has 7 nitrogen and oxygen atoms in total. The molecule has 0 spiro atoms. The lowest BCUT2D eigenvalue weighted by atomic mass is 9.85. The number of hydrogen-bond acceptors (Lipinski definition) is 7. The van der Waals surface area contributed by atoms with Crippen LogP contribution in [-0.2, 0) is 24.5 Å². The molecule has 2 aliphatic rings. The fourth-order valence-corrected chi connectivity index (χ4v) is 6.85. The minimum Gasteiger partial charge on any atom is -0.468 e. The van der Waals surface area contributed by atoms with Crippen molar-refractivity contribution in [1.29, 1.82) is 0 Å². The number of esters is 1. The molecule has 1 fully saturated rings. The highest BCUT2D eigenvalue weighted by atomic mass is 79.9. The summed E-state index contributed by atoms with van der Waals surface area (Å²) in [6, 6.07) is 5.06. The number of halogens is 3. The number of nitrogens with zero attached hydrogens (tertiary/aromatic N) is 2. The number of amides is 1. The highest BCUT2D eigenvalue weighted by Gasteiger charge is 2.73. The van der Waals surface area contributed by atoms with Gasteiger partial charge in [-0.15, -0.1) is 0 Å². The van der Waals surface area contributed by atoms with E-state index >= 15 is 8.78 Å². The zero-order valence-corrected chi connectivity index (χ0v) is 25.7. The van der Waals surface area contributed by atoms with E-state index < -0.39 is 54.4 Å². The Morgan fingerprint density at radius 3 is 2.54 bits per heavy atom. The summed E-state index contributed by atoms with van der Waals surface area (Å²) in [7, 11) is -0.157. The van der Waals surface area contributed by atoms with Crippen LogP contribution in [0.15, 0.2) is 27.7 Å². The van der Waals surface area contributed by atoms with E-state index in [9.17, 15) is 9.59 Å². The zero-order valence-electron chi connectivity index (χ0n) is 22.3. The Morgan fingerprint density at radius 2 is 1.97 bits per heavy atom. The SMILES string of the molecule is COC(=O)[C@]12CC1[C@@](CF)(c1cc(Br)ccc1F)N=C(N(COCC[Si](C)(C)C)C(=O)OC(C)(C)C)S2. The summed E-state index contributed by atoms with van der Waals surface area (Å²) >= 11 is 4.35. The maximum Gasteiger partial charge on any atom is 0.418 e. The molecule has 1 aliphatic heterocycles. The van der Waals surface area contributed by atoms with Crippen molar-refractivity contribution in [2.24, 2.45) is 10.9 Å². The monoisotopic (exact) mass is 620 g/mol. The number of rotatable bonds is 8. The van der Waals surface area contributed by atoms with Crippen molar-refractivity contribution < 1.29 is 32.6 Å². The van der Waals surface area contributed by atoms with Crippen LogP contribution in [0.2, 0.25) is 25.7 Å². The van der Waals surface area contributed by atoms with Crippen LogP contribution in [0.25, 0.3) is 0 Å². The molecule has 1 aromatic rings. The summed E-state index contributed by atoms with van der Waals surface area (Å²) in [4.78, 5) is 32.1. The van der Waals surface area contributed by atoms with Crippen LogP contribution < -0.4 is 0 Å². The molecular weight excluding hydrogens is 586 g/mol. The lowest BCUT2D eigenvalue weighted by Crippen LogP contribution is -2.48. The van der Waals surface area contributed by atoms with Crippen molar-refractivity contribution in [3.05, 3.63) is 34.1 Å². The van der Waals surface area contributed by atoms with Crippen LogP contribution in [0.4, 0.5) is 13.6 Å². The van der Waals surface area contributed by atoms with Gasteiger partial charge in [0, 0.05) is 30.6 Å². The first-order valence-corrected chi connectivity index (χ1v) is 17.4. The number of amidine groups is 1. The van der Waals surface area contributed by atoms with Crippen molar-refractivity contribution in [3.8, 4) is 0 Å². The molecule has 1 heterocycles. The minimum absolute atomic E-state index is 0.00161. The second kappa shape index (κ2) is 10.9. The average Bonchev–Trinajstić information content (AvgIpc) is 3.54. The summed E-state index contributed by atoms with van der Waals surface area (Å²) < 4.78 is 46.1. The van der Waals surface area contributed by atoms with Gasteiger partial charge >= 0.3 is 12.1 Å². The standard InChI is InChI=1S/C25H35BrF2N2O5SSi/c1-23(2,3)35-22(32)30(15-34-10-11-37(5,6)7)21-29-24(14-27,17-12-16(26)8-9-18(17)28)19-13-25(19,36-21)20(31)33-4/h8-9,12,19H,10-11,13-15H2,1-7H3/t19?,24-,25+/m1/s1. The highest BCUT2D eigenvalue weighted by molar-refractivity contribution is 9.10. The summed E-state index contributed by atoms with van der Waals surface area (Å²) in [6.45, 7) is 10.9. The molecule has 3 atom stereocenters. The molecule has 1 aromatic carbocycles. The maximum absolute atomic E-state index is 15.1. The van der Waals surface area contributed by atoms with Gasteiger partial charge in [0.2, 0.25) is 0 Å². The summed E-state index contributed by atoms with van der Waals surface area (Å²) in [5, 5.41) is 0.0263. The molecule has 1 saturated carbocycles. The van der Waals surface area contributed by atoms with Gasteiger partial charge in [-0.1, -0.05) is 47.3 Å². The second-order valence-electron chi connectivity index (χ2n) is 11.6. The highest BCUT2D eigenvalue weighted by Crippen LogP contribution is 2.67. The van der Waals surface area contributed by atoms with Gasteiger partial charge in [-0.3, -0.25) is 4.79 Å². The number of thioether (sulfide) groups is 1. The number of benzene rings is 1. The topological polar surface area (TPSA) is 77.4 Å². The predicted octanol–water partition coefficient (Wildman–Crippen LogP) is 6.34. The first-order valence-electron chi connectivity index (χ1n) is 12.1. The zero-order chi connectivity index (χ0) is 27.8. The number of methoxy groups -OCH3 is 1. The van der Waals surface area contributed by atoms with Crippen molar-refractivity contribution in [1.82, 2.24) is 4.90 Å². The van der Waals surface area contributed by atoms with Gasteiger partial charge in [-0.05, 0) is 51.4 Å². The molecule has 0 radical (unpaired) electrons. The van der Waals surface area contributed by atoms with E-state index in [2.05, 4.69) is 40.6 Å². The third-order valence-electron chi connectivity index (χ3n) is 6.25. The Bertz CT molecular complexity index is 1080. The van der Waals surface area contributed by atoms with Crippen LogP contribution in [-0.4, -0.2) is 67.7 Å². The van der Waals surface area contributed by atoms with Crippen LogP contribution in [0.3, 0.4) is 0 Å². The second-order valence-corrected chi connectivity index (χ2v) is 19.4. The number of fused-ring (bicyclic) bond motifs is 1. The van der Waals surface area contributed by atoms with E-state index in [4.69, 9.17) is 14.2 Å². The van der Waals surface area contributed by atoms with Gasteiger partial charge < -0.3 is 14.2 Å². The van der Waals surface area contributed by atoms with E-state index in [1.165, 1.54) is 30.2 Å². The lowest BCUT2D eigenvalue weighted by molar-refractivity contribution is -0.141. The van der Waals surface area contributed by atoms with E-state index in [1.807, 2.05) is 0 Å². The summed E-state index contributed by atoms with van der Waals surface area (Å²) in [5.41, 5.74) is -2.56. The van der Waals surface area contributed by atoms with Crippen LogP contribution in [0.5, 0.6) is 0 Å². The number of carbonyl (C=O) groups excluding carboxylic acids is 2. The summed E-state index contributed by atoms with van der Waals surface area (Å²) in [5.74, 6) is -1.90. The molecular formula is C25H35BrF2N2O5SSi. The summed E-state index contributed by atoms with van der Waals surface area (Å²) in [6.07, 6.45) is -0.542. The van der Waals surface area contributed by atoms with Crippen molar-refractivity contribution in [2.45, 2.75) is 68.8 Å². The number of carbonyl (C=O) groups is 2. The first-order chi connectivity index (χ1) is 17.1. The molecule has 0 aromatic heterocycles. The van der Waals surface area contributed by atoms with Gasteiger partial charge in [-0.2, -0.15) is 0 Å². The van der Waals surface area contributed by atoms with Crippen LogP contribution in [0, 0.1) is 11.7 Å². The van der Waals surface area contributed by atoms with Crippen molar-refractivity contribution in [3.63, 3.8) is 0 Å². The Morgan fingerprint density at radius 1 is 1.30 bits per heavy atom. The normalized spacial score (nSPS) is 25.1. The van der Waals surface area contributed by atoms with Crippen molar-refractivity contribution >= 4 is 53.0 Å². The molecule has 37 heavy (non-hydrogen) atoms. The average molecular weight is 622 g/mol. The molecule has 0 saturated heterocycles. The molecule has 1 unspecified atom stereocenters. The Labute approximate surface area is 230 Å². The van der Waals surface area contributed by atoms with Gasteiger partial charge in [0.1, 0.15) is 35.1 Å². The third kappa shape index (κ3) is 6.56. The minimum atomic E-state index is -1.73. The molecule has 1 aliphatic carbocycles. The fraction of sp³-hybridized carbons (Fsp3) is 0.640. The third-order valence-corrected chi connectivity index (χ3v) is 9.92. The van der Waals surface area contributed by atoms with E-state index in [1.54, 1.807) is 20.8 Å². The first kappa shape index (κ1) is 30.0. The molecule has 3 rings (SSSR count). The Balaban J connectivity index is 2.10. The van der Waals surface area contributed by atoms with E-state index in [-0.39, 0.29) is 23.9 Å². The van der Waals surface area contributed by atoms with Gasteiger partial charge in [0.05, 0.1) is 7.11 Å². The maximum atomic E-state index is 15.1. The van der Waals surface area contributed by atoms with Crippen LogP contribution in [0.1, 0.15) is 32.8 Å². The molecule has 0 N–H and O–H groups in total. The van der Waals surface area contributed by atoms with E-state index in [0.717, 1.165) is 17.8 Å². The number of hydrogen-bond donors (Lipinski definition) is 0.